The number of hydrogen-bond donors (Lipinski definition) is 1. The van der Waals surface area contributed by atoms with E-state index in [1.165, 1.54) is 7.11 Å². The Morgan fingerprint density at radius 1 is 1.26 bits per heavy atom. The summed E-state index contributed by atoms with van der Waals surface area (Å²) in [6, 6.07) is 9.70. The second-order valence-electron chi connectivity index (χ2n) is 7.23. The maximum absolute atomic E-state index is 13.2. The minimum atomic E-state index is -0.696. The number of fused-ring (bicyclic) bond motifs is 1. The van der Waals surface area contributed by atoms with Crippen LogP contribution in [-0.2, 0) is 9.47 Å². The van der Waals surface area contributed by atoms with Crippen molar-refractivity contribution in [2.75, 3.05) is 44.9 Å². The van der Waals surface area contributed by atoms with Crippen molar-refractivity contribution in [3.05, 3.63) is 51.8 Å². The number of anilines is 1. The molecule has 8 heteroatoms. The van der Waals surface area contributed by atoms with Gasteiger partial charge >= 0.3 is 5.97 Å². The van der Waals surface area contributed by atoms with Crippen LogP contribution in [0.15, 0.2) is 35.1 Å². The van der Waals surface area contributed by atoms with Gasteiger partial charge in [0, 0.05) is 24.0 Å². The first-order valence-corrected chi connectivity index (χ1v) is 10.3. The van der Waals surface area contributed by atoms with Crippen molar-refractivity contribution in [2.24, 2.45) is 0 Å². The Morgan fingerprint density at radius 3 is 2.71 bits per heavy atom. The van der Waals surface area contributed by atoms with Gasteiger partial charge < -0.3 is 24.1 Å². The summed E-state index contributed by atoms with van der Waals surface area (Å²) in [6.45, 7) is 6.07. The minimum Gasteiger partial charge on any atom is -0.491 e. The Morgan fingerprint density at radius 2 is 2.00 bits per heavy atom. The molecule has 0 radical (unpaired) electrons. The highest BCUT2D eigenvalue weighted by molar-refractivity contribution is 6.00. The van der Waals surface area contributed by atoms with Crippen molar-refractivity contribution in [3.8, 4) is 17.0 Å². The smallest absolute Gasteiger partial charge is 0.344 e. The summed E-state index contributed by atoms with van der Waals surface area (Å²) in [4.78, 5) is 36.2. The summed E-state index contributed by atoms with van der Waals surface area (Å²) in [7, 11) is 1.41. The highest BCUT2D eigenvalue weighted by Crippen LogP contribution is 2.34. The Kier molecular flexibility index (Phi) is 5.90. The third kappa shape index (κ3) is 3.86. The molecule has 0 aliphatic carbocycles. The van der Waals surface area contributed by atoms with Gasteiger partial charge in [-0.15, -0.1) is 0 Å². The quantitative estimate of drug-likeness (QED) is 0.631. The van der Waals surface area contributed by atoms with Gasteiger partial charge in [-0.3, -0.25) is 4.79 Å². The molecule has 0 bridgehead atoms. The Bertz CT molecular complexity index is 1180. The number of methoxy groups -OCH3 is 1. The highest BCUT2D eigenvalue weighted by Gasteiger charge is 2.27. The number of hydrogen-bond acceptors (Lipinski definition) is 7. The molecule has 1 N–H and O–H groups in total. The first kappa shape index (κ1) is 20.9. The number of esters is 1. The molecule has 0 unspecified atom stereocenters. The summed E-state index contributed by atoms with van der Waals surface area (Å²) in [5.74, 6) is 0.0828. The molecule has 1 aliphatic rings. The number of rotatable bonds is 5. The number of benzene rings is 1. The number of ether oxygens (including phenoxy) is 3. The van der Waals surface area contributed by atoms with Crippen molar-refractivity contribution in [2.45, 2.75) is 13.8 Å². The van der Waals surface area contributed by atoms with Crippen molar-refractivity contribution in [3.63, 3.8) is 0 Å². The fourth-order valence-electron chi connectivity index (χ4n) is 3.86. The number of H-pyrrole nitrogens is 1. The zero-order chi connectivity index (χ0) is 22.0. The van der Waals surface area contributed by atoms with Gasteiger partial charge in [0.05, 0.1) is 43.8 Å². The molecule has 8 nitrogen and oxygen atoms in total. The Hall–Kier alpha value is -3.39. The van der Waals surface area contributed by atoms with Crippen LogP contribution in [0.4, 0.5) is 5.82 Å². The van der Waals surface area contributed by atoms with Crippen LogP contribution in [0.3, 0.4) is 0 Å². The Balaban J connectivity index is 2.03. The first-order chi connectivity index (χ1) is 15.0. The van der Waals surface area contributed by atoms with E-state index < -0.39 is 11.4 Å². The molecule has 0 saturated carbocycles. The van der Waals surface area contributed by atoms with Crippen LogP contribution in [0, 0.1) is 6.92 Å². The van der Waals surface area contributed by atoms with Gasteiger partial charge in [0.25, 0.3) is 0 Å². The molecule has 1 fully saturated rings. The predicted molar refractivity (Wildman–Crippen MR) is 118 cm³/mol. The molecule has 2 aromatic heterocycles. The third-order valence-electron chi connectivity index (χ3n) is 5.30. The van der Waals surface area contributed by atoms with Crippen LogP contribution in [0.5, 0.6) is 5.75 Å². The first-order valence-electron chi connectivity index (χ1n) is 10.3. The van der Waals surface area contributed by atoms with E-state index in [2.05, 4.69) is 9.88 Å². The molecular formula is C23H25N3O5. The summed E-state index contributed by atoms with van der Waals surface area (Å²) in [5.41, 5.74) is 1.80. The second kappa shape index (κ2) is 8.77. The fourth-order valence-corrected chi connectivity index (χ4v) is 3.86. The van der Waals surface area contributed by atoms with E-state index >= 15 is 0 Å². The van der Waals surface area contributed by atoms with Crippen LogP contribution in [0.1, 0.15) is 23.0 Å². The number of para-hydroxylation sites is 1. The average Bonchev–Trinajstić information content (AvgIpc) is 2.78. The van der Waals surface area contributed by atoms with Gasteiger partial charge in [-0.25, -0.2) is 9.78 Å². The lowest BCUT2D eigenvalue weighted by molar-refractivity contribution is 0.0525. The van der Waals surface area contributed by atoms with E-state index in [-0.39, 0.29) is 17.9 Å². The zero-order valence-corrected chi connectivity index (χ0v) is 17.9. The van der Waals surface area contributed by atoms with Crippen LogP contribution < -0.4 is 15.1 Å². The largest absolute Gasteiger partial charge is 0.491 e. The lowest BCUT2D eigenvalue weighted by Gasteiger charge is -2.30. The third-order valence-corrected chi connectivity index (χ3v) is 5.30. The van der Waals surface area contributed by atoms with E-state index in [0.717, 1.165) is 10.9 Å². The molecule has 3 aromatic rings. The molecule has 4 rings (SSSR count). The molecule has 31 heavy (non-hydrogen) atoms. The maximum atomic E-state index is 13.2. The van der Waals surface area contributed by atoms with E-state index in [1.54, 1.807) is 13.8 Å². The van der Waals surface area contributed by atoms with E-state index in [4.69, 9.17) is 19.2 Å². The van der Waals surface area contributed by atoms with Crippen molar-refractivity contribution < 1.29 is 19.0 Å². The second-order valence-corrected chi connectivity index (χ2v) is 7.23. The van der Waals surface area contributed by atoms with Crippen molar-refractivity contribution in [1.29, 1.82) is 0 Å². The van der Waals surface area contributed by atoms with Crippen LogP contribution in [0.2, 0.25) is 0 Å². The average molecular weight is 423 g/mol. The fraction of sp³-hybridized carbons (Fsp3) is 0.348. The highest BCUT2D eigenvalue weighted by atomic mass is 16.5. The minimum absolute atomic E-state index is 0.0871. The number of morpholine rings is 1. The van der Waals surface area contributed by atoms with E-state index in [0.29, 0.717) is 49.1 Å². The lowest BCUT2D eigenvalue weighted by atomic mass is 10.0. The van der Waals surface area contributed by atoms with E-state index in [1.807, 2.05) is 30.3 Å². The molecule has 1 aromatic carbocycles. The Labute approximate surface area is 179 Å². The SMILES string of the molecule is CCOC(=O)c1c(-c2cc3ccccc3nc2N2CCOCC2)[nH]c(C)c(OC)c1=O. The summed E-state index contributed by atoms with van der Waals surface area (Å²) in [5, 5.41) is 0.902. The van der Waals surface area contributed by atoms with Crippen LogP contribution in [-0.4, -0.2) is 56.0 Å². The summed E-state index contributed by atoms with van der Waals surface area (Å²) < 4.78 is 16.0. The number of aromatic nitrogens is 2. The van der Waals surface area contributed by atoms with E-state index in [9.17, 15) is 9.59 Å². The number of carbonyl (C=O) groups excluding carboxylic acids is 1. The van der Waals surface area contributed by atoms with Gasteiger partial charge in [0.15, 0.2) is 5.75 Å². The number of aromatic amines is 1. The van der Waals surface area contributed by atoms with Crippen LogP contribution >= 0.6 is 0 Å². The lowest BCUT2D eigenvalue weighted by Crippen LogP contribution is -2.37. The number of nitrogens with one attached hydrogen (secondary N) is 1. The molecule has 0 amide bonds. The summed E-state index contributed by atoms with van der Waals surface area (Å²) in [6.07, 6.45) is 0. The molecule has 1 aliphatic heterocycles. The predicted octanol–water partition coefficient (Wildman–Crippen LogP) is 2.92. The van der Waals surface area contributed by atoms with Crippen molar-refractivity contribution >= 4 is 22.7 Å². The van der Waals surface area contributed by atoms with Gasteiger partial charge in [0.2, 0.25) is 5.43 Å². The number of carbonyl (C=O) groups is 1. The van der Waals surface area contributed by atoms with Gasteiger partial charge in [0.1, 0.15) is 11.4 Å². The standard InChI is InChI=1S/C23H25N3O5/c1-4-31-23(28)18-19(24-14(2)21(29-3)20(18)27)16-13-15-7-5-6-8-17(15)25-22(16)26-9-11-30-12-10-26/h5-8,13H,4,9-12H2,1-3H3,(H,24,27). The monoisotopic (exact) mass is 423 g/mol. The number of nitrogens with zero attached hydrogens (tertiary/aromatic N) is 2. The molecule has 1 saturated heterocycles. The number of pyridine rings is 2. The summed E-state index contributed by atoms with van der Waals surface area (Å²) >= 11 is 0. The zero-order valence-electron chi connectivity index (χ0n) is 17.9. The molecule has 3 heterocycles. The molecular weight excluding hydrogens is 398 g/mol. The molecule has 0 atom stereocenters. The maximum Gasteiger partial charge on any atom is 0.344 e. The molecule has 0 spiro atoms. The molecule has 162 valence electrons. The topological polar surface area (TPSA) is 93.8 Å². The van der Waals surface area contributed by atoms with Gasteiger partial charge in [-0.1, -0.05) is 18.2 Å². The van der Waals surface area contributed by atoms with Crippen LogP contribution in [0.25, 0.3) is 22.2 Å². The van der Waals surface area contributed by atoms with Gasteiger partial charge in [-0.2, -0.15) is 0 Å². The van der Waals surface area contributed by atoms with Crippen molar-refractivity contribution in [1.82, 2.24) is 9.97 Å². The normalized spacial score (nSPS) is 14.0. The van der Waals surface area contributed by atoms with Gasteiger partial charge in [-0.05, 0) is 26.0 Å². The number of aryl methyl sites for hydroxylation is 1.